The Bertz CT molecular complexity index is 1070. The third kappa shape index (κ3) is 3.19. The molecule has 4 aromatic carbocycles. The fourth-order valence-corrected chi connectivity index (χ4v) is 3.33. The molecule has 0 aliphatic carbocycles. The van der Waals surface area contributed by atoms with Crippen LogP contribution in [0.25, 0.3) is 33.4 Å². The van der Waals surface area contributed by atoms with Gasteiger partial charge in [-0.1, -0.05) is 78.9 Å². The molecule has 0 saturated heterocycles. The first kappa shape index (κ1) is 13.1. The van der Waals surface area contributed by atoms with Crippen LogP contribution in [-0.4, -0.2) is 0 Å². The number of benzene rings is 4. The fourth-order valence-electron chi connectivity index (χ4n) is 3.33. The van der Waals surface area contributed by atoms with Crippen LogP contribution >= 0.6 is 0 Å². The normalized spacial score (nSPS) is 12.9. The molecule has 0 aliphatic rings. The van der Waals surface area contributed by atoms with E-state index in [4.69, 9.17) is 4.11 Å². The van der Waals surface area contributed by atoms with Crippen LogP contribution in [0.5, 0.6) is 0 Å². The molecular weight excluding hydrogens is 312 g/mol. The maximum Gasteiger partial charge on any atom is 0.0280 e. The van der Waals surface area contributed by atoms with Crippen molar-refractivity contribution >= 4 is 0 Å². The van der Waals surface area contributed by atoms with Gasteiger partial charge in [-0.05, 0) is 76.5 Å². The first-order chi connectivity index (χ1) is 13.9. The molecule has 0 fully saturated rings. The minimum absolute atomic E-state index is 0.404. The highest BCUT2D eigenvalue weighted by Crippen LogP contribution is 2.34. The van der Waals surface area contributed by atoms with Gasteiger partial charge in [-0.25, -0.2) is 0 Å². The standard InChI is InChI=1S/C26H22/c1-19-10-9-15-26(20(19)2)25-17-23(21-11-5-3-6-12-21)16-24(18-25)22-13-7-4-8-14-22/h3-18H,1-2H3/i1D3. The first-order valence-corrected chi connectivity index (χ1v) is 8.80. The molecule has 0 heterocycles. The Kier molecular flexibility index (Phi) is 3.54. The molecule has 0 aromatic heterocycles. The monoisotopic (exact) mass is 337 g/mol. The van der Waals surface area contributed by atoms with Gasteiger partial charge >= 0.3 is 0 Å². The molecule has 4 rings (SSSR count). The highest BCUT2D eigenvalue weighted by molar-refractivity contribution is 5.82. The van der Waals surface area contributed by atoms with Crippen molar-refractivity contribution in [3.63, 3.8) is 0 Å². The number of aryl methyl sites for hydroxylation is 1. The van der Waals surface area contributed by atoms with Crippen molar-refractivity contribution in [2.45, 2.75) is 13.8 Å². The predicted molar refractivity (Wildman–Crippen MR) is 112 cm³/mol. The van der Waals surface area contributed by atoms with Gasteiger partial charge in [0.1, 0.15) is 0 Å². The van der Waals surface area contributed by atoms with Crippen molar-refractivity contribution < 1.29 is 4.11 Å². The predicted octanol–water partition coefficient (Wildman–Crippen LogP) is 7.30. The summed E-state index contributed by atoms with van der Waals surface area (Å²) in [7, 11) is 0. The molecular formula is C26H22. The fraction of sp³-hybridized carbons (Fsp3) is 0.0769. The lowest BCUT2D eigenvalue weighted by Crippen LogP contribution is -1.90. The van der Waals surface area contributed by atoms with E-state index in [1.165, 1.54) is 0 Å². The van der Waals surface area contributed by atoms with Crippen LogP contribution in [-0.2, 0) is 0 Å². The maximum atomic E-state index is 7.86. The Balaban J connectivity index is 1.95. The zero-order valence-corrected chi connectivity index (χ0v) is 14.7. The second kappa shape index (κ2) is 7.01. The molecule has 0 nitrogen and oxygen atoms in total. The summed E-state index contributed by atoms with van der Waals surface area (Å²) in [5, 5.41) is 0. The van der Waals surface area contributed by atoms with E-state index in [0.717, 1.165) is 38.9 Å². The van der Waals surface area contributed by atoms with Crippen molar-refractivity contribution in [2.24, 2.45) is 0 Å². The van der Waals surface area contributed by atoms with E-state index in [1.807, 2.05) is 55.5 Å². The highest BCUT2D eigenvalue weighted by atomic mass is 14.1. The van der Waals surface area contributed by atoms with Crippen LogP contribution < -0.4 is 0 Å². The van der Waals surface area contributed by atoms with Crippen molar-refractivity contribution in [1.29, 1.82) is 0 Å². The number of hydrogen-bond acceptors (Lipinski definition) is 0. The summed E-state index contributed by atoms with van der Waals surface area (Å²) in [6, 6.07) is 32.6. The Labute approximate surface area is 160 Å². The molecule has 4 aromatic rings. The van der Waals surface area contributed by atoms with Crippen LogP contribution in [0.1, 0.15) is 15.2 Å². The van der Waals surface area contributed by atoms with Crippen molar-refractivity contribution in [2.75, 3.05) is 0 Å². The quantitative estimate of drug-likeness (QED) is 0.368. The summed E-state index contributed by atoms with van der Waals surface area (Å²) in [6.07, 6.45) is 0. The van der Waals surface area contributed by atoms with E-state index in [-0.39, 0.29) is 0 Å². The van der Waals surface area contributed by atoms with Crippen molar-refractivity contribution in [3.05, 3.63) is 108 Å². The van der Waals surface area contributed by atoms with E-state index in [1.54, 1.807) is 6.07 Å². The van der Waals surface area contributed by atoms with E-state index in [0.29, 0.717) is 5.56 Å². The topological polar surface area (TPSA) is 0 Å². The summed E-state index contributed by atoms with van der Waals surface area (Å²) in [6.45, 7) is -0.228. The Morgan fingerprint density at radius 3 is 1.62 bits per heavy atom. The van der Waals surface area contributed by atoms with Gasteiger partial charge in [0.15, 0.2) is 0 Å². The molecule has 0 spiro atoms. The SMILES string of the molecule is [2H]C([2H])([2H])c1cccc(-c2cc(-c3ccccc3)cc(-c3ccccc3)c2)c1C. The molecule has 0 atom stereocenters. The summed E-state index contributed by atoms with van der Waals surface area (Å²) in [5.74, 6) is 0. The molecule has 0 amide bonds. The third-order valence-electron chi connectivity index (χ3n) is 4.79. The zero-order chi connectivity index (χ0) is 20.4. The molecule has 0 saturated carbocycles. The summed E-state index contributed by atoms with van der Waals surface area (Å²) in [4.78, 5) is 0. The molecule has 0 radical (unpaired) electrons. The average Bonchev–Trinajstić information content (AvgIpc) is 2.74. The molecule has 0 bridgehead atoms. The van der Waals surface area contributed by atoms with Crippen LogP contribution in [0.3, 0.4) is 0 Å². The number of rotatable bonds is 3. The minimum atomic E-state index is -2.13. The van der Waals surface area contributed by atoms with Crippen LogP contribution in [0.2, 0.25) is 0 Å². The van der Waals surface area contributed by atoms with Gasteiger partial charge in [-0.3, -0.25) is 0 Å². The van der Waals surface area contributed by atoms with Gasteiger partial charge in [0, 0.05) is 4.11 Å². The van der Waals surface area contributed by atoms with Gasteiger partial charge in [0.25, 0.3) is 0 Å². The summed E-state index contributed by atoms with van der Waals surface area (Å²) in [5.41, 5.74) is 7.68. The van der Waals surface area contributed by atoms with Crippen LogP contribution in [0.4, 0.5) is 0 Å². The lowest BCUT2D eigenvalue weighted by atomic mass is 9.91. The van der Waals surface area contributed by atoms with E-state index >= 15 is 0 Å². The van der Waals surface area contributed by atoms with Crippen molar-refractivity contribution in [1.82, 2.24) is 0 Å². The molecule has 126 valence electrons. The third-order valence-corrected chi connectivity index (χ3v) is 4.79. The van der Waals surface area contributed by atoms with Crippen LogP contribution in [0, 0.1) is 13.8 Å². The van der Waals surface area contributed by atoms with Crippen molar-refractivity contribution in [3.8, 4) is 33.4 Å². The lowest BCUT2D eigenvalue weighted by Gasteiger charge is -2.14. The van der Waals surface area contributed by atoms with E-state index in [2.05, 4.69) is 42.5 Å². The lowest BCUT2D eigenvalue weighted by molar-refractivity contribution is 1.34. The average molecular weight is 337 g/mol. The maximum absolute atomic E-state index is 7.86. The zero-order valence-electron chi connectivity index (χ0n) is 17.7. The smallest absolute Gasteiger partial charge is 0.0280 e. The van der Waals surface area contributed by atoms with Gasteiger partial charge in [0.05, 0.1) is 0 Å². The molecule has 0 aliphatic heterocycles. The second-order valence-electron chi connectivity index (χ2n) is 6.51. The molecule has 26 heavy (non-hydrogen) atoms. The summed E-state index contributed by atoms with van der Waals surface area (Å²) < 4.78 is 23.6. The molecule has 0 N–H and O–H groups in total. The van der Waals surface area contributed by atoms with E-state index in [9.17, 15) is 0 Å². The highest BCUT2D eigenvalue weighted by Gasteiger charge is 2.09. The van der Waals surface area contributed by atoms with Gasteiger partial charge in [0.2, 0.25) is 0 Å². The summed E-state index contributed by atoms with van der Waals surface area (Å²) >= 11 is 0. The molecule has 0 heteroatoms. The van der Waals surface area contributed by atoms with E-state index < -0.39 is 6.85 Å². The Morgan fingerprint density at radius 2 is 1.08 bits per heavy atom. The molecule has 0 unspecified atom stereocenters. The Hall–Kier alpha value is -3.12. The van der Waals surface area contributed by atoms with Gasteiger partial charge in [-0.15, -0.1) is 0 Å². The Morgan fingerprint density at radius 1 is 0.538 bits per heavy atom. The van der Waals surface area contributed by atoms with Gasteiger partial charge < -0.3 is 0 Å². The minimum Gasteiger partial charge on any atom is -0.0622 e. The van der Waals surface area contributed by atoms with Crippen LogP contribution in [0.15, 0.2) is 97.1 Å². The first-order valence-electron chi connectivity index (χ1n) is 10.3. The largest absolute Gasteiger partial charge is 0.0622 e. The number of hydrogen-bond donors (Lipinski definition) is 0. The van der Waals surface area contributed by atoms with Gasteiger partial charge in [-0.2, -0.15) is 0 Å². The second-order valence-corrected chi connectivity index (χ2v) is 6.51.